The summed E-state index contributed by atoms with van der Waals surface area (Å²) in [6.07, 6.45) is 57.9. The van der Waals surface area contributed by atoms with E-state index in [1.165, 1.54) is 128 Å². The third-order valence-corrected chi connectivity index (χ3v) is 14.6. The molecule has 446 valence electrons. The number of allylic oxidation sites excluding steroid dienone is 11. The number of nitrogens with one attached hydrogen (secondary N) is 1. The highest BCUT2D eigenvalue weighted by molar-refractivity contribution is 5.80. The molecule has 0 aromatic carbocycles. The van der Waals surface area contributed by atoms with E-state index in [0.717, 1.165) is 96.3 Å². The van der Waals surface area contributed by atoms with E-state index < -0.39 is 67.4 Å². The molecule has 11 heteroatoms. The first-order chi connectivity index (χ1) is 37.7. The Labute approximate surface area is 471 Å². The number of ether oxygens (including phenoxy) is 3. The minimum absolute atomic E-state index is 0.0959. The van der Waals surface area contributed by atoms with Crippen LogP contribution in [-0.2, 0) is 23.8 Å². The molecule has 1 heterocycles. The summed E-state index contributed by atoms with van der Waals surface area (Å²) in [5.74, 6) is -1.22. The number of unbranched alkanes of at least 4 members (excludes halogenated alkanes) is 29. The lowest BCUT2D eigenvalue weighted by molar-refractivity contribution is -0.305. The molecule has 1 amide bonds. The van der Waals surface area contributed by atoms with Crippen LogP contribution in [0.2, 0.25) is 0 Å². The Morgan fingerprint density at radius 1 is 0.506 bits per heavy atom. The lowest BCUT2D eigenvalue weighted by Crippen LogP contribution is -2.61. The topological polar surface area (TPSA) is 175 Å². The number of hydrogen-bond acceptors (Lipinski definition) is 10. The molecule has 0 aromatic heterocycles. The summed E-state index contributed by atoms with van der Waals surface area (Å²) < 4.78 is 17.6. The summed E-state index contributed by atoms with van der Waals surface area (Å²) in [7, 11) is 0. The van der Waals surface area contributed by atoms with Crippen LogP contribution in [0, 0.1) is 0 Å². The molecule has 1 aliphatic rings. The Balaban J connectivity index is 2.66. The van der Waals surface area contributed by atoms with Gasteiger partial charge in [0.15, 0.2) is 12.4 Å². The standard InChI is InChI=1S/C66H117NO10/c1-4-7-10-13-16-19-22-24-26-28-29-30-32-33-35-38-41-44-47-50-53-59(70)65(74)67-57(58(69)52-49-46-43-40-37-21-18-15-12-9-6-3)56-75-66-64(63(73)62(72)60(55-68)76-66)77-61(71)54-51-48-45-42-39-36-34-31-27-25-23-20-17-14-11-8-5-2/h16-17,19-20,24-27,34,36,49,52,57-60,62-64,66,68-70,72-73H,4-15,18,21-23,28-33,35,37-48,50-51,53-56H2,1-3H3,(H,67,74)/b19-16-,20-17-,26-24-,27-25-,36-34-,52-49+. The Hall–Kier alpha value is -2.90. The van der Waals surface area contributed by atoms with Gasteiger partial charge in [-0.15, -0.1) is 0 Å². The van der Waals surface area contributed by atoms with Gasteiger partial charge in [0.2, 0.25) is 5.91 Å². The maximum atomic E-state index is 13.4. The van der Waals surface area contributed by atoms with E-state index in [-0.39, 0.29) is 19.4 Å². The van der Waals surface area contributed by atoms with Crippen molar-refractivity contribution < 1.29 is 49.3 Å². The van der Waals surface area contributed by atoms with Crippen LogP contribution in [-0.4, -0.2) is 99.6 Å². The highest BCUT2D eigenvalue weighted by Gasteiger charge is 2.47. The van der Waals surface area contributed by atoms with Gasteiger partial charge in [0.25, 0.3) is 0 Å². The van der Waals surface area contributed by atoms with Crippen molar-refractivity contribution in [3.63, 3.8) is 0 Å². The van der Waals surface area contributed by atoms with Gasteiger partial charge in [-0.2, -0.15) is 0 Å². The van der Waals surface area contributed by atoms with Gasteiger partial charge in [0.1, 0.15) is 24.4 Å². The molecule has 0 saturated carbocycles. The highest BCUT2D eigenvalue weighted by Crippen LogP contribution is 2.26. The number of esters is 1. The summed E-state index contributed by atoms with van der Waals surface area (Å²) in [6.45, 7) is 5.72. The SMILES string of the molecule is CCCCC/C=C\C/C=C\C/C=C\CCCCCCC(=O)OC1C(OCC(NC(=O)C(O)CCCCCCCCCCCC/C=C\C/C=C\CCCCC)C(O)/C=C/CCCCCCCCCCC)OC(CO)C(O)C1O. The summed E-state index contributed by atoms with van der Waals surface area (Å²) >= 11 is 0. The van der Waals surface area contributed by atoms with Crippen LogP contribution in [0.5, 0.6) is 0 Å². The van der Waals surface area contributed by atoms with Gasteiger partial charge in [-0.25, -0.2) is 0 Å². The number of aliphatic hydroxyl groups is 5. The van der Waals surface area contributed by atoms with Crippen molar-refractivity contribution in [1.29, 1.82) is 0 Å². The van der Waals surface area contributed by atoms with Gasteiger partial charge >= 0.3 is 5.97 Å². The first kappa shape index (κ1) is 72.1. The maximum Gasteiger partial charge on any atom is 0.306 e. The largest absolute Gasteiger partial charge is 0.454 e. The summed E-state index contributed by atoms with van der Waals surface area (Å²) in [4.78, 5) is 26.5. The molecular formula is C66H117NO10. The molecule has 1 saturated heterocycles. The molecule has 0 aromatic rings. The predicted molar refractivity (Wildman–Crippen MR) is 319 cm³/mol. The van der Waals surface area contributed by atoms with Gasteiger partial charge in [0, 0.05) is 6.42 Å². The second kappa shape index (κ2) is 53.7. The summed E-state index contributed by atoms with van der Waals surface area (Å²) in [5, 5.41) is 57.0. The van der Waals surface area contributed by atoms with Crippen LogP contribution in [0.15, 0.2) is 72.9 Å². The van der Waals surface area contributed by atoms with Crippen molar-refractivity contribution in [3.8, 4) is 0 Å². The molecule has 1 aliphatic heterocycles. The van der Waals surface area contributed by atoms with Crippen molar-refractivity contribution in [2.24, 2.45) is 0 Å². The van der Waals surface area contributed by atoms with E-state index in [4.69, 9.17) is 14.2 Å². The van der Waals surface area contributed by atoms with Gasteiger partial charge in [-0.3, -0.25) is 9.59 Å². The van der Waals surface area contributed by atoms with Gasteiger partial charge in [0.05, 0.1) is 25.4 Å². The molecule has 0 aliphatic carbocycles. The zero-order chi connectivity index (χ0) is 56.1. The van der Waals surface area contributed by atoms with E-state index in [1.54, 1.807) is 6.08 Å². The Morgan fingerprint density at radius 2 is 0.896 bits per heavy atom. The summed E-state index contributed by atoms with van der Waals surface area (Å²) in [5.41, 5.74) is 0. The number of carbonyl (C=O) groups is 2. The molecule has 1 rings (SSSR count). The molecule has 8 unspecified atom stereocenters. The average molecular weight is 1080 g/mol. The van der Waals surface area contributed by atoms with E-state index in [9.17, 15) is 35.1 Å². The van der Waals surface area contributed by atoms with Gasteiger partial charge < -0.3 is 45.1 Å². The average Bonchev–Trinajstić information content (AvgIpc) is 3.43. The first-order valence-electron chi connectivity index (χ1n) is 31.7. The zero-order valence-electron chi connectivity index (χ0n) is 49.3. The maximum absolute atomic E-state index is 13.4. The van der Waals surface area contributed by atoms with Crippen LogP contribution in [0.3, 0.4) is 0 Å². The smallest absolute Gasteiger partial charge is 0.306 e. The zero-order valence-corrected chi connectivity index (χ0v) is 49.3. The third kappa shape index (κ3) is 41.7. The molecule has 0 radical (unpaired) electrons. The Bertz CT molecular complexity index is 1530. The Morgan fingerprint density at radius 3 is 1.36 bits per heavy atom. The number of amides is 1. The molecule has 1 fully saturated rings. The fraction of sp³-hybridized carbons (Fsp3) is 0.788. The third-order valence-electron chi connectivity index (χ3n) is 14.6. The molecule has 6 N–H and O–H groups in total. The minimum Gasteiger partial charge on any atom is -0.454 e. The normalized spacial score (nSPS) is 19.5. The molecule has 8 atom stereocenters. The van der Waals surface area contributed by atoms with Crippen molar-refractivity contribution in [3.05, 3.63) is 72.9 Å². The molecule has 0 bridgehead atoms. The van der Waals surface area contributed by atoms with Crippen molar-refractivity contribution in [1.82, 2.24) is 5.32 Å². The fourth-order valence-electron chi connectivity index (χ4n) is 9.51. The highest BCUT2D eigenvalue weighted by atomic mass is 16.7. The molecule has 0 spiro atoms. The lowest BCUT2D eigenvalue weighted by atomic mass is 9.99. The van der Waals surface area contributed by atoms with Crippen molar-refractivity contribution >= 4 is 11.9 Å². The van der Waals surface area contributed by atoms with Crippen LogP contribution in [0.1, 0.15) is 271 Å². The fourth-order valence-corrected chi connectivity index (χ4v) is 9.51. The van der Waals surface area contributed by atoms with Gasteiger partial charge in [-0.05, 0) is 96.3 Å². The van der Waals surface area contributed by atoms with E-state index >= 15 is 0 Å². The van der Waals surface area contributed by atoms with E-state index in [2.05, 4.69) is 86.8 Å². The van der Waals surface area contributed by atoms with Crippen LogP contribution >= 0.6 is 0 Å². The van der Waals surface area contributed by atoms with Crippen LogP contribution < -0.4 is 5.32 Å². The molecular weight excluding hydrogens is 967 g/mol. The number of hydrogen-bond donors (Lipinski definition) is 6. The van der Waals surface area contributed by atoms with Gasteiger partial charge in [-0.1, -0.05) is 241 Å². The van der Waals surface area contributed by atoms with E-state index in [0.29, 0.717) is 12.8 Å². The lowest BCUT2D eigenvalue weighted by Gasteiger charge is -2.41. The van der Waals surface area contributed by atoms with Crippen LogP contribution in [0.25, 0.3) is 0 Å². The first-order valence-corrected chi connectivity index (χ1v) is 31.7. The van der Waals surface area contributed by atoms with Crippen molar-refractivity contribution in [2.45, 2.75) is 320 Å². The van der Waals surface area contributed by atoms with E-state index in [1.807, 2.05) is 6.08 Å². The summed E-state index contributed by atoms with van der Waals surface area (Å²) in [6, 6.07) is -1.03. The van der Waals surface area contributed by atoms with Crippen molar-refractivity contribution in [2.75, 3.05) is 13.2 Å². The number of carbonyl (C=O) groups excluding carboxylic acids is 2. The second-order valence-electron chi connectivity index (χ2n) is 21.8. The van der Waals surface area contributed by atoms with Crippen LogP contribution in [0.4, 0.5) is 0 Å². The quantitative estimate of drug-likeness (QED) is 0.0195. The molecule has 11 nitrogen and oxygen atoms in total. The minimum atomic E-state index is -1.63. The second-order valence-corrected chi connectivity index (χ2v) is 21.8. The Kier molecular flexibility index (Phi) is 50.3. The monoisotopic (exact) mass is 1080 g/mol. The predicted octanol–water partition coefficient (Wildman–Crippen LogP) is 15.2. The number of rotatable bonds is 53. The number of aliphatic hydroxyl groups excluding tert-OH is 5. The molecule has 77 heavy (non-hydrogen) atoms.